The van der Waals surface area contributed by atoms with Crippen molar-refractivity contribution in [2.24, 2.45) is 5.92 Å². The molecule has 1 aliphatic carbocycles. The summed E-state index contributed by atoms with van der Waals surface area (Å²) in [5.74, 6) is 0.738. The van der Waals surface area contributed by atoms with Crippen LogP contribution in [0.2, 0.25) is 5.02 Å². The van der Waals surface area contributed by atoms with Gasteiger partial charge in [-0.2, -0.15) is 0 Å². The molecule has 1 amide bonds. The molecule has 0 radical (unpaired) electrons. The van der Waals surface area contributed by atoms with Gasteiger partial charge < -0.3 is 4.90 Å². The standard InChI is InChI=1S/C22H25ClN2OS/c1-27-24-17-8-5-11-25(14-17)22(26)21-13-20(21)18-10-9-16(23)12-19(18)15-6-3-2-4-7-15/h2-4,6-7,9-10,12,17,20-21,24H,5,8,11,13-14H2,1H3. The number of halogens is 1. The van der Waals surface area contributed by atoms with Crippen LogP contribution >= 0.6 is 23.5 Å². The lowest BCUT2D eigenvalue weighted by molar-refractivity contribution is -0.133. The Bertz CT molecular complexity index is 811. The summed E-state index contributed by atoms with van der Waals surface area (Å²) in [6.45, 7) is 1.72. The van der Waals surface area contributed by atoms with E-state index >= 15 is 0 Å². The van der Waals surface area contributed by atoms with Gasteiger partial charge >= 0.3 is 0 Å². The van der Waals surface area contributed by atoms with Crippen LogP contribution in [-0.4, -0.2) is 36.2 Å². The number of nitrogens with zero attached hydrogens (tertiary/aromatic N) is 1. The summed E-state index contributed by atoms with van der Waals surface area (Å²) in [5, 5.41) is 0.739. The Hall–Kier alpha value is -1.49. The highest BCUT2D eigenvalue weighted by Gasteiger charge is 2.47. The Morgan fingerprint density at radius 1 is 1.22 bits per heavy atom. The fourth-order valence-corrected chi connectivity index (χ4v) is 4.90. The normalized spacial score (nSPS) is 24.7. The first-order chi connectivity index (χ1) is 13.2. The fraction of sp³-hybridized carbons (Fsp3) is 0.409. The number of carbonyl (C=O) groups is 1. The van der Waals surface area contributed by atoms with Crippen molar-refractivity contribution in [3.05, 3.63) is 59.1 Å². The van der Waals surface area contributed by atoms with Crippen molar-refractivity contribution in [3.8, 4) is 11.1 Å². The van der Waals surface area contributed by atoms with E-state index in [0.717, 1.165) is 48.5 Å². The Balaban J connectivity index is 1.51. The number of amides is 1. The molecule has 4 rings (SSSR count). The zero-order chi connectivity index (χ0) is 18.8. The number of hydrogen-bond acceptors (Lipinski definition) is 3. The average molecular weight is 401 g/mol. The summed E-state index contributed by atoms with van der Waals surface area (Å²) in [6.07, 6.45) is 5.21. The van der Waals surface area contributed by atoms with Crippen LogP contribution in [0.15, 0.2) is 48.5 Å². The van der Waals surface area contributed by atoms with Gasteiger partial charge in [0.1, 0.15) is 0 Å². The van der Waals surface area contributed by atoms with Crippen molar-refractivity contribution in [2.45, 2.75) is 31.2 Å². The third-order valence-corrected chi connectivity index (χ3v) is 6.43. The molecule has 0 bridgehead atoms. The van der Waals surface area contributed by atoms with Gasteiger partial charge in [-0.3, -0.25) is 9.52 Å². The summed E-state index contributed by atoms with van der Waals surface area (Å²) in [7, 11) is 0. The maximum Gasteiger partial charge on any atom is 0.226 e. The van der Waals surface area contributed by atoms with Gasteiger partial charge in [0.2, 0.25) is 5.91 Å². The van der Waals surface area contributed by atoms with Gasteiger partial charge in [0, 0.05) is 30.1 Å². The largest absolute Gasteiger partial charge is 0.341 e. The van der Waals surface area contributed by atoms with Gasteiger partial charge in [0.15, 0.2) is 0 Å². The molecule has 1 heterocycles. The lowest BCUT2D eigenvalue weighted by Gasteiger charge is -2.33. The predicted molar refractivity (Wildman–Crippen MR) is 114 cm³/mol. The molecule has 142 valence electrons. The molecule has 1 aliphatic heterocycles. The number of rotatable bonds is 5. The minimum atomic E-state index is 0.113. The molecule has 5 heteroatoms. The van der Waals surface area contributed by atoms with Gasteiger partial charge in [-0.1, -0.05) is 59.9 Å². The second-order valence-electron chi connectivity index (χ2n) is 7.49. The highest BCUT2D eigenvalue weighted by atomic mass is 35.5. The van der Waals surface area contributed by atoms with Gasteiger partial charge in [-0.15, -0.1) is 0 Å². The molecule has 3 unspecified atom stereocenters. The third kappa shape index (κ3) is 4.18. The molecule has 27 heavy (non-hydrogen) atoms. The topological polar surface area (TPSA) is 32.3 Å². The van der Waals surface area contributed by atoms with E-state index in [1.54, 1.807) is 11.9 Å². The molecular weight excluding hydrogens is 376 g/mol. The first kappa shape index (κ1) is 18.9. The van der Waals surface area contributed by atoms with Crippen LogP contribution in [0, 0.1) is 5.92 Å². The highest BCUT2D eigenvalue weighted by molar-refractivity contribution is 7.96. The number of likely N-dealkylation sites (tertiary alicyclic amines) is 1. The Morgan fingerprint density at radius 2 is 2.04 bits per heavy atom. The van der Waals surface area contributed by atoms with Crippen LogP contribution in [0.1, 0.15) is 30.7 Å². The van der Waals surface area contributed by atoms with Crippen LogP contribution < -0.4 is 4.72 Å². The van der Waals surface area contributed by atoms with E-state index in [1.165, 1.54) is 5.56 Å². The average Bonchev–Trinajstić information content (AvgIpc) is 3.49. The van der Waals surface area contributed by atoms with Crippen molar-refractivity contribution in [3.63, 3.8) is 0 Å². The molecule has 2 aliphatic rings. The lowest BCUT2D eigenvalue weighted by Crippen LogP contribution is -2.46. The first-order valence-electron chi connectivity index (χ1n) is 9.59. The highest BCUT2D eigenvalue weighted by Crippen LogP contribution is 2.51. The van der Waals surface area contributed by atoms with E-state index in [9.17, 15) is 4.79 Å². The maximum absolute atomic E-state index is 13.1. The van der Waals surface area contributed by atoms with Crippen LogP contribution in [-0.2, 0) is 4.79 Å². The van der Waals surface area contributed by atoms with Gasteiger partial charge in [-0.25, -0.2) is 0 Å². The number of hydrogen-bond donors (Lipinski definition) is 1. The Kier molecular flexibility index (Phi) is 5.76. The van der Waals surface area contributed by atoms with E-state index in [0.29, 0.717) is 17.9 Å². The Morgan fingerprint density at radius 3 is 2.81 bits per heavy atom. The quantitative estimate of drug-likeness (QED) is 0.719. The van der Waals surface area contributed by atoms with E-state index in [-0.39, 0.29) is 5.92 Å². The van der Waals surface area contributed by atoms with Crippen molar-refractivity contribution < 1.29 is 4.79 Å². The van der Waals surface area contributed by atoms with Gasteiger partial charge in [0.25, 0.3) is 0 Å². The molecule has 2 aromatic rings. The van der Waals surface area contributed by atoms with Crippen LogP contribution in [0.3, 0.4) is 0 Å². The first-order valence-corrected chi connectivity index (χ1v) is 11.2. The van der Waals surface area contributed by atoms with Gasteiger partial charge in [-0.05, 0) is 60.3 Å². The predicted octanol–water partition coefficient (Wildman–Crippen LogP) is 4.97. The smallest absolute Gasteiger partial charge is 0.226 e. The molecule has 2 fully saturated rings. The van der Waals surface area contributed by atoms with Crippen molar-refractivity contribution in [1.29, 1.82) is 0 Å². The molecule has 1 saturated heterocycles. The molecule has 1 N–H and O–H groups in total. The maximum atomic E-state index is 13.1. The van der Waals surface area contributed by atoms with Gasteiger partial charge in [0.05, 0.1) is 0 Å². The molecule has 0 aromatic heterocycles. The zero-order valence-electron chi connectivity index (χ0n) is 15.5. The number of benzene rings is 2. The summed E-state index contributed by atoms with van der Waals surface area (Å²) in [6, 6.07) is 16.8. The van der Waals surface area contributed by atoms with Crippen molar-refractivity contribution >= 4 is 29.5 Å². The number of nitrogens with one attached hydrogen (secondary N) is 1. The minimum absolute atomic E-state index is 0.113. The number of carbonyl (C=O) groups excluding carboxylic acids is 1. The van der Waals surface area contributed by atoms with Crippen LogP contribution in [0.5, 0.6) is 0 Å². The van der Waals surface area contributed by atoms with E-state index in [1.807, 2.05) is 36.6 Å². The van der Waals surface area contributed by atoms with Crippen LogP contribution in [0.25, 0.3) is 11.1 Å². The second-order valence-corrected chi connectivity index (χ2v) is 8.57. The fourth-order valence-electron chi connectivity index (χ4n) is 4.21. The summed E-state index contributed by atoms with van der Waals surface area (Å²) in [4.78, 5) is 15.1. The van der Waals surface area contributed by atoms with Crippen molar-refractivity contribution in [2.75, 3.05) is 19.3 Å². The molecule has 0 spiro atoms. The van der Waals surface area contributed by atoms with Crippen molar-refractivity contribution in [1.82, 2.24) is 9.62 Å². The number of piperidine rings is 1. The Labute approximate surface area is 170 Å². The zero-order valence-corrected chi connectivity index (χ0v) is 17.1. The summed E-state index contributed by atoms with van der Waals surface area (Å²) < 4.78 is 3.42. The second kappa shape index (κ2) is 8.26. The molecule has 3 atom stereocenters. The molecular formula is C22H25ClN2OS. The summed E-state index contributed by atoms with van der Waals surface area (Å²) >= 11 is 7.92. The molecule has 3 nitrogen and oxygen atoms in total. The monoisotopic (exact) mass is 400 g/mol. The lowest BCUT2D eigenvalue weighted by atomic mass is 9.95. The van der Waals surface area contributed by atoms with E-state index in [4.69, 9.17) is 11.6 Å². The van der Waals surface area contributed by atoms with Crippen LogP contribution in [0.4, 0.5) is 0 Å². The third-order valence-electron chi connectivity index (χ3n) is 5.62. The SMILES string of the molecule is CSNC1CCCN(C(=O)C2CC2c2ccc(Cl)cc2-c2ccccc2)C1. The molecule has 1 saturated carbocycles. The van der Waals surface area contributed by atoms with E-state index in [2.05, 4.69) is 27.8 Å². The minimum Gasteiger partial charge on any atom is -0.341 e. The van der Waals surface area contributed by atoms with E-state index < -0.39 is 0 Å². The summed E-state index contributed by atoms with van der Waals surface area (Å²) in [5.41, 5.74) is 3.57. The molecule has 2 aromatic carbocycles.